The fraction of sp³-hybridized carbons (Fsp3) is 0.632. The van der Waals surface area contributed by atoms with Crippen LogP contribution in [0.25, 0.3) is 0 Å². The van der Waals surface area contributed by atoms with Crippen molar-refractivity contribution >= 4 is 5.90 Å². The molecule has 24 heavy (non-hydrogen) atoms. The summed E-state index contributed by atoms with van der Waals surface area (Å²) in [5.74, 6) is 1.53. The van der Waals surface area contributed by atoms with Crippen LogP contribution in [-0.2, 0) is 9.57 Å². The molecule has 0 spiro atoms. The van der Waals surface area contributed by atoms with Crippen LogP contribution in [0.2, 0.25) is 0 Å². The Morgan fingerprint density at radius 2 is 1.79 bits per heavy atom. The van der Waals surface area contributed by atoms with Gasteiger partial charge in [0, 0.05) is 5.54 Å². The van der Waals surface area contributed by atoms with Crippen LogP contribution >= 0.6 is 0 Å². The molecule has 1 saturated heterocycles. The van der Waals surface area contributed by atoms with Crippen molar-refractivity contribution in [3.05, 3.63) is 29.8 Å². The maximum absolute atomic E-state index is 6.24. The Bertz CT molecular complexity index is 646. The molecular formula is C19H28N2O3. The molecule has 5 heteroatoms. The topological polar surface area (TPSA) is 43.3 Å². The minimum atomic E-state index is -0.588. The lowest BCUT2D eigenvalue weighted by atomic mass is 9.83. The van der Waals surface area contributed by atoms with Crippen LogP contribution in [0.15, 0.2) is 29.3 Å². The second kappa shape index (κ2) is 5.46. The number of methoxy groups -OCH3 is 1. The van der Waals surface area contributed by atoms with E-state index in [4.69, 9.17) is 19.3 Å². The van der Waals surface area contributed by atoms with E-state index in [1.165, 1.54) is 0 Å². The fourth-order valence-corrected chi connectivity index (χ4v) is 3.24. The summed E-state index contributed by atoms with van der Waals surface area (Å²) in [7, 11) is 1.68. The molecule has 2 atom stereocenters. The summed E-state index contributed by atoms with van der Waals surface area (Å²) < 4.78 is 11.2. The van der Waals surface area contributed by atoms with Gasteiger partial charge in [0.25, 0.3) is 0 Å². The van der Waals surface area contributed by atoms with Crippen molar-refractivity contribution in [3.63, 3.8) is 0 Å². The Labute approximate surface area is 144 Å². The monoisotopic (exact) mass is 332 g/mol. The van der Waals surface area contributed by atoms with E-state index < -0.39 is 5.60 Å². The molecule has 2 heterocycles. The summed E-state index contributed by atoms with van der Waals surface area (Å²) in [6.07, 6.45) is 0. The molecule has 2 aliphatic heterocycles. The first kappa shape index (κ1) is 17.2. The molecule has 0 amide bonds. The standard InChI is InChI=1S/C19H28N2O3/c1-17(2,3)21-15(13-8-10-14(22-7)11-9-13)19(6,24-21)16-20-18(4,5)12-23-16/h8-11,15H,12H2,1-7H3/t15-,19+/m1/s1. The Balaban J connectivity index is 1.98. The van der Waals surface area contributed by atoms with Crippen LogP contribution < -0.4 is 4.74 Å². The van der Waals surface area contributed by atoms with E-state index in [1.807, 2.05) is 17.2 Å². The third-order valence-electron chi connectivity index (χ3n) is 4.53. The number of hydrogen-bond donors (Lipinski definition) is 0. The number of hydrogen-bond acceptors (Lipinski definition) is 5. The van der Waals surface area contributed by atoms with Crippen LogP contribution in [0.5, 0.6) is 5.75 Å². The van der Waals surface area contributed by atoms with Gasteiger partial charge in [-0.2, -0.15) is 5.06 Å². The molecule has 0 unspecified atom stereocenters. The van der Waals surface area contributed by atoms with Crippen LogP contribution in [0.4, 0.5) is 0 Å². The van der Waals surface area contributed by atoms with Crippen molar-refractivity contribution in [3.8, 4) is 5.75 Å². The number of benzene rings is 1. The van der Waals surface area contributed by atoms with Gasteiger partial charge in [0.15, 0.2) is 5.60 Å². The van der Waals surface area contributed by atoms with E-state index in [0.717, 1.165) is 11.3 Å². The average Bonchev–Trinajstić information content (AvgIpc) is 2.84. The lowest BCUT2D eigenvalue weighted by molar-refractivity contribution is -0.399. The lowest BCUT2D eigenvalue weighted by Crippen LogP contribution is -2.68. The third-order valence-corrected chi connectivity index (χ3v) is 4.53. The number of rotatable bonds is 3. The van der Waals surface area contributed by atoms with Gasteiger partial charge in [0.1, 0.15) is 18.4 Å². The van der Waals surface area contributed by atoms with Crippen molar-refractivity contribution in [2.75, 3.05) is 13.7 Å². The highest BCUT2D eigenvalue weighted by Crippen LogP contribution is 2.51. The molecular weight excluding hydrogens is 304 g/mol. The molecule has 2 aliphatic rings. The highest BCUT2D eigenvalue weighted by atomic mass is 16.8. The van der Waals surface area contributed by atoms with Crippen molar-refractivity contribution < 1.29 is 14.3 Å². The van der Waals surface area contributed by atoms with E-state index in [9.17, 15) is 0 Å². The van der Waals surface area contributed by atoms with E-state index in [-0.39, 0.29) is 17.1 Å². The molecule has 5 nitrogen and oxygen atoms in total. The first-order valence-electron chi connectivity index (χ1n) is 8.42. The molecule has 132 valence electrons. The summed E-state index contributed by atoms with van der Waals surface area (Å²) >= 11 is 0. The first-order chi connectivity index (χ1) is 11.1. The molecule has 1 aromatic rings. The van der Waals surface area contributed by atoms with E-state index in [2.05, 4.69) is 53.7 Å². The van der Waals surface area contributed by atoms with Gasteiger partial charge in [-0.3, -0.25) is 4.84 Å². The van der Waals surface area contributed by atoms with Gasteiger partial charge in [-0.15, -0.1) is 0 Å². The summed E-state index contributed by atoms with van der Waals surface area (Å²) in [6, 6.07) is 8.18. The fourth-order valence-electron chi connectivity index (χ4n) is 3.24. The molecule has 1 fully saturated rings. The average molecular weight is 332 g/mol. The zero-order chi connectivity index (χ0) is 17.8. The summed E-state index contributed by atoms with van der Waals surface area (Å²) in [5, 5.41) is 2.03. The maximum Gasteiger partial charge on any atom is 0.221 e. The highest BCUT2D eigenvalue weighted by molar-refractivity contribution is 5.88. The van der Waals surface area contributed by atoms with E-state index >= 15 is 0 Å². The van der Waals surface area contributed by atoms with Crippen LogP contribution in [-0.4, -0.2) is 41.4 Å². The number of nitrogens with zero attached hydrogens (tertiary/aromatic N) is 2. The highest BCUT2D eigenvalue weighted by Gasteiger charge is 2.61. The quantitative estimate of drug-likeness (QED) is 0.845. The first-order valence-corrected chi connectivity index (χ1v) is 8.42. The molecule has 0 saturated carbocycles. The Kier molecular flexibility index (Phi) is 3.92. The summed E-state index contributed by atoms with van der Waals surface area (Å²) in [6.45, 7) is 13.2. The predicted molar refractivity (Wildman–Crippen MR) is 94.3 cm³/mol. The number of ether oxygens (including phenoxy) is 2. The smallest absolute Gasteiger partial charge is 0.221 e. The summed E-state index contributed by atoms with van der Waals surface area (Å²) in [4.78, 5) is 11.0. The van der Waals surface area contributed by atoms with E-state index in [0.29, 0.717) is 12.5 Å². The van der Waals surface area contributed by atoms with Crippen molar-refractivity contribution in [2.24, 2.45) is 4.99 Å². The lowest BCUT2D eigenvalue weighted by Gasteiger charge is -2.58. The molecule has 0 aromatic heterocycles. The minimum absolute atomic E-state index is 0.0380. The van der Waals surface area contributed by atoms with Crippen molar-refractivity contribution in [1.82, 2.24) is 5.06 Å². The van der Waals surface area contributed by atoms with Gasteiger partial charge in [-0.1, -0.05) is 12.1 Å². The van der Waals surface area contributed by atoms with Gasteiger partial charge in [-0.25, -0.2) is 4.99 Å². The second-order valence-corrected chi connectivity index (χ2v) is 8.39. The Hall–Kier alpha value is -1.59. The van der Waals surface area contributed by atoms with Crippen molar-refractivity contribution in [2.45, 2.75) is 64.3 Å². The summed E-state index contributed by atoms with van der Waals surface area (Å²) in [5.41, 5.74) is 0.249. The second-order valence-electron chi connectivity index (χ2n) is 8.39. The Morgan fingerprint density at radius 1 is 1.17 bits per heavy atom. The molecule has 0 bridgehead atoms. The van der Waals surface area contributed by atoms with Gasteiger partial charge in [0.2, 0.25) is 5.90 Å². The van der Waals surface area contributed by atoms with Gasteiger partial charge in [-0.05, 0) is 59.2 Å². The van der Waals surface area contributed by atoms with Crippen molar-refractivity contribution in [1.29, 1.82) is 0 Å². The van der Waals surface area contributed by atoms with Crippen LogP contribution in [0.1, 0.15) is 53.1 Å². The predicted octanol–water partition coefficient (Wildman–Crippen LogP) is 3.75. The van der Waals surface area contributed by atoms with Gasteiger partial charge >= 0.3 is 0 Å². The minimum Gasteiger partial charge on any atom is -0.497 e. The van der Waals surface area contributed by atoms with Crippen LogP contribution in [0, 0.1) is 0 Å². The largest absolute Gasteiger partial charge is 0.497 e. The van der Waals surface area contributed by atoms with Crippen LogP contribution in [0.3, 0.4) is 0 Å². The number of hydroxylamine groups is 2. The molecule has 3 rings (SSSR count). The normalized spacial score (nSPS) is 29.6. The number of aliphatic imine (C=N–C) groups is 1. The molecule has 0 radical (unpaired) electrons. The zero-order valence-corrected chi connectivity index (χ0v) is 15.7. The molecule has 0 N–H and O–H groups in total. The zero-order valence-electron chi connectivity index (χ0n) is 15.7. The maximum atomic E-state index is 6.24. The SMILES string of the molecule is COc1ccc([C@H]2N(C(C)(C)C)O[C@]2(C)C2=NC(C)(C)CO2)cc1. The van der Waals surface area contributed by atoms with Gasteiger partial charge < -0.3 is 9.47 Å². The van der Waals surface area contributed by atoms with Gasteiger partial charge in [0.05, 0.1) is 12.6 Å². The molecule has 0 aliphatic carbocycles. The molecule has 1 aromatic carbocycles. The third kappa shape index (κ3) is 2.80. The Morgan fingerprint density at radius 3 is 2.25 bits per heavy atom. The van der Waals surface area contributed by atoms with E-state index in [1.54, 1.807) is 7.11 Å².